The maximum atomic E-state index is 9.65. The number of hydrogen-bond acceptors (Lipinski definition) is 4. The van der Waals surface area contributed by atoms with Gasteiger partial charge in [0.15, 0.2) is 5.16 Å². The fourth-order valence-corrected chi connectivity index (χ4v) is 2.37. The van der Waals surface area contributed by atoms with Gasteiger partial charge < -0.3 is 5.11 Å². The molecule has 0 aliphatic heterocycles. The average Bonchev–Trinajstić information content (AvgIpc) is 2.65. The number of aryl methyl sites for hydroxylation is 1. The molecule has 84 valence electrons. The van der Waals surface area contributed by atoms with Crippen LogP contribution in [0.15, 0.2) is 40.6 Å². The lowest BCUT2D eigenvalue weighted by Crippen LogP contribution is -1.96. The molecule has 1 aromatic carbocycles. The minimum atomic E-state index is -0.475. The summed E-state index contributed by atoms with van der Waals surface area (Å²) in [5.74, 6) is 0. The van der Waals surface area contributed by atoms with Crippen LogP contribution in [-0.2, 0) is 7.05 Å². The van der Waals surface area contributed by atoms with E-state index in [0.29, 0.717) is 0 Å². The van der Waals surface area contributed by atoms with Gasteiger partial charge >= 0.3 is 0 Å². The molecule has 1 aromatic heterocycles. The van der Waals surface area contributed by atoms with E-state index < -0.39 is 6.10 Å². The van der Waals surface area contributed by atoms with Gasteiger partial charge in [-0.05, 0) is 30.3 Å². The number of rotatable bonds is 3. The van der Waals surface area contributed by atoms with E-state index in [1.165, 1.54) is 18.1 Å². The van der Waals surface area contributed by atoms with Crippen LogP contribution in [0, 0.1) is 0 Å². The topological polar surface area (TPSA) is 50.9 Å². The summed E-state index contributed by atoms with van der Waals surface area (Å²) in [5, 5.41) is 14.5. The molecule has 1 atom stereocenters. The molecule has 0 aliphatic rings. The van der Waals surface area contributed by atoms with E-state index in [9.17, 15) is 5.11 Å². The lowest BCUT2D eigenvalue weighted by Gasteiger charge is -2.10. The Bertz CT molecular complexity index is 482. The maximum absolute atomic E-state index is 9.65. The molecule has 2 rings (SSSR count). The molecule has 0 bridgehead atoms. The van der Waals surface area contributed by atoms with Gasteiger partial charge in [0.1, 0.15) is 6.33 Å². The van der Waals surface area contributed by atoms with Gasteiger partial charge in [-0.1, -0.05) is 18.2 Å². The highest BCUT2D eigenvalue weighted by Crippen LogP contribution is 2.31. The molecule has 0 aliphatic carbocycles. The largest absolute Gasteiger partial charge is 0.389 e. The Kier molecular flexibility index (Phi) is 3.26. The summed E-state index contributed by atoms with van der Waals surface area (Å²) in [4.78, 5) is 5.15. The molecule has 5 heteroatoms. The van der Waals surface area contributed by atoms with Crippen molar-refractivity contribution < 1.29 is 5.11 Å². The standard InChI is InChI=1S/C11H13N3OS/c1-8(15)9-5-3-4-6-10(9)16-11-12-7-13-14(11)2/h3-8,15H,1-2H3/t8-/m1/s1. The molecule has 2 aromatic rings. The van der Waals surface area contributed by atoms with Gasteiger partial charge in [-0.3, -0.25) is 0 Å². The van der Waals surface area contributed by atoms with Crippen LogP contribution in [0.4, 0.5) is 0 Å². The first-order valence-corrected chi connectivity index (χ1v) is 5.79. The Morgan fingerprint density at radius 1 is 1.38 bits per heavy atom. The van der Waals surface area contributed by atoms with Gasteiger partial charge in [-0.2, -0.15) is 5.10 Å². The van der Waals surface area contributed by atoms with Gasteiger partial charge in [0, 0.05) is 11.9 Å². The number of hydrogen-bond donors (Lipinski definition) is 1. The van der Waals surface area contributed by atoms with Crippen molar-refractivity contribution in [2.24, 2.45) is 7.05 Å². The fraction of sp³-hybridized carbons (Fsp3) is 0.273. The molecule has 1 N–H and O–H groups in total. The summed E-state index contributed by atoms with van der Waals surface area (Å²) in [7, 11) is 1.85. The SMILES string of the molecule is C[C@@H](O)c1ccccc1Sc1ncnn1C. The molecular formula is C11H13N3OS. The first-order valence-electron chi connectivity index (χ1n) is 4.97. The molecule has 0 spiro atoms. The van der Waals surface area contributed by atoms with Crippen LogP contribution in [-0.4, -0.2) is 19.9 Å². The van der Waals surface area contributed by atoms with Crippen LogP contribution in [0.25, 0.3) is 0 Å². The zero-order valence-corrected chi connectivity index (χ0v) is 9.98. The third kappa shape index (κ3) is 2.25. The van der Waals surface area contributed by atoms with Crippen LogP contribution < -0.4 is 0 Å². The number of aliphatic hydroxyl groups is 1. The molecular weight excluding hydrogens is 222 g/mol. The van der Waals surface area contributed by atoms with Crippen molar-refractivity contribution in [3.05, 3.63) is 36.2 Å². The van der Waals surface area contributed by atoms with Crippen molar-refractivity contribution in [3.63, 3.8) is 0 Å². The normalized spacial score (nSPS) is 12.7. The lowest BCUT2D eigenvalue weighted by molar-refractivity contribution is 0.196. The van der Waals surface area contributed by atoms with Crippen molar-refractivity contribution >= 4 is 11.8 Å². The predicted molar refractivity (Wildman–Crippen MR) is 62.2 cm³/mol. The van der Waals surface area contributed by atoms with Gasteiger partial charge in [0.05, 0.1) is 6.10 Å². The Hall–Kier alpha value is -1.33. The van der Waals surface area contributed by atoms with E-state index in [-0.39, 0.29) is 0 Å². The van der Waals surface area contributed by atoms with Gasteiger partial charge in [0.25, 0.3) is 0 Å². The van der Waals surface area contributed by atoms with E-state index in [1.807, 2.05) is 31.3 Å². The number of aromatic nitrogens is 3. The lowest BCUT2D eigenvalue weighted by atomic mass is 10.1. The molecule has 1 heterocycles. The van der Waals surface area contributed by atoms with E-state index >= 15 is 0 Å². The van der Waals surface area contributed by atoms with Crippen molar-refractivity contribution in [1.82, 2.24) is 14.8 Å². The molecule has 16 heavy (non-hydrogen) atoms. The number of nitrogens with zero attached hydrogens (tertiary/aromatic N) is 3. The fourth-order valence-electron chi connectivity index (χ4n) is 1.39. The maximum Gasteiger partial charge on any atom is 0.190 e. The molecule has 0 saturated carbocycles. The van der Waals surface area contributed by atoms with E-state index in [4.69, 9.17) is 0 Å². The zero-order chi connectivity index (χ0) is 11.5. The van der Waals surface area contributed by atoms with E-state index in [2.05, 4.69) is 10.1 Å². The minimum absolute atomic E-state index is 0.475. The van der Waals surface area contributed by atoms with Crippen LogP contribution >= 0.6 is 11.8 Å². The quantitative estimate of drug-likeness (QED) is 0.884. The summed E-state index contributed by atoms with van der Waals surface area (Å²) in [6.07, 6.45) is 1.05. The second-order valence-corrected chi connectivity index (χ2v) is 4.49. The molecule has 0 unspecified atom stereocenters. The van der Waals surface area contributed by atoms with Crippen molar-refractivity contribution in [2.45, 2.75) is 23.1 Å². The highest BCUT2D eigenvalue weighted by Gasteiger charge is 2.10. The third-order valence-corrected chi connectivity index (χ3v) is 3.38. The summed E-state index contributed by atoms with van der Waals surface area (Å²) >= 11 is 1.51. The Balaban J connectivity index is 2.31. The molecule has 4 nitrogen and oxygen atoms in total. The van der Waals surface area contributed by atoms with Crippen LogP contribution in [0.3, 0.4) is 0 Å². The molecule has 0 amide bonds. The zero-order valence-electron chi connectivity index (χ0n) is 9.16. The predicted octanol–water partition coefficient (Wildman–Crippen LogP) is 2.02. The van der Waals surface area contributed by atoms with E-state index in [1.54, 1.807) is 11.6 Å². The highest BCUT2D eigenvalue weighted by atomic mass is 32.2. The van der Waals surface area contributed by atoms with Crippen molar-refractivity contribution in [1.29, 1.82) is 0 Å². The highest BCUT2D eigenvalue weighted by molar-refractivity contribution is 7.99. The van der Waals surface area contributed by atoms with Gasteiger partial charge in [0.2, 0.25) is 0 Å². The van der Waals surface area contributed by atoms with Gasteiger partial charge in [-0.15, -0.1) is 0 Å². The Morgan fingerprint density at radius 3 is 2.75 bits per heavy atom. The summed E-state index contributed by atoms with van der Waals surface area (Å²) in [6, 6.07) is 7.76. The van der Waals surface area contributed by atoms with Crippen LogP contribution in [0.2, 0.25) is 0 Å². The first-order chi connectivity index (χ1) is 7.68. The number of aliphatic hydroxyl groups excluding tert-OH is 1. The Labute approximate surface area is 98.3 Å². The molecule has 0 radical (unpaired) electrons. The first kappa shape index (κ1) is 11.2. The van der Waals surface area contributed by atoms with E-state index in [0.717, 1.165) is 15.6 Å². The average molecular weight is 235 g/mol. The molecule has 0 fully saturated rings. The number of benzene rings is 1. The smallest absolute Gasteiger partial charge is 0.190 e. The minimum Gasteiger partial charge on any atom is -0.389 e. The Morgan fingerprint density at radius 2 is 2.12 bits per heavy atom. The third-order valence-electron chi connectivity index (χ3n) is 2.24. The monoisotopic (exact) mass is 235 g/mol. The summed E-state index contributed by atoms with van der Waals surface area (Å²) in [5.41, 5.74) is 0.913. The van der Waals surface area contributed by atoms with Crippen molar-refractivity contribution in [2.75, 3.05) is 0 Å². The second kappa shape index (κ2) is 4.67. The van der Waals surface area contributed by atoms with Crippen LogP contribution in [0.5, 0.6) is 0 Å². The summed E-state index contributed by atoms with van der Waals surface area (Å²) in [6.45, 7) is 1.76. The second-order valence-electron chi connectivity index (χ2n) is 3.48. The van der Waals surface area contributed by atoms with Crippen molar-refractivity contribution in [3.8, 4) is 0 Å². The summed E-state index contributed by atoms with van der Waals surface area (Å²) < 4.78 is 1.71. The molecule has 0 saturated heterocycles. The van der Waals surface area contributed by atoms with Gasteiger partial charge in [-0.25, -0.2) is 9.67 Å². The van der Waals surface area contributed by atoms with Crippen LogP contribution in [0.1, 0.15) is 18.6 Å².